The van der Waals surface area contributed by atoms with Gasteiger partial charge in [-0.25, -0.2) is 4.98 Å². The third kappa shape index (κ3) is 3.60. The van der Waals surface area contributed by atoms with Crippen LogP contribution in [0.2, 0.25) is 0 Å². The number of fused-ring (bicyclic) bond motifs is 1. The zero-order chi connectivity index (χ0) is 26.8. The van der Waals surface area contributed by atoms with Gasteiger partial charge in [-0.05, 0) is 42.0 Å². The number of methoxy groups -OCH3 is 1. The molecular formula is C30H29N5O4. The molecule has 5 heterocycles. The van der Waals surface area contributed by atoms with Crippen LogP contribution in [0.3, 0.4) is 0 Å². The highest BCUT2D eigenvalue weighted by molar-refractivity contribution is 6.11. The second-order valence-electron chi connectivity index (χ2n) is 10.3. The fourth-order valence-electron chi connectivity index (χ4n) is 6.22. The molecule has 4 aromatic rings. The third-order valence-electron chi connectivity index (χ3n) is 8.08. The summed E-state index contributed by atoms with van der Waals surface area (Å²) in [6, 6.07) is 14.1. The van der Waals surface area contributed by atoms with Crippen LogP contribution in [0.5, 0.6) is 5.75 Å². The Morgan fingerprint density at radius 1 is 1.13 bits per heavy atom. The van der Waals surface area contributed by atoms with Crippen molar-refractivity contribution in [3.05, 3.63) is 71.1 Å². The van der Waals surface area contributed by atoms with Gasteiger partial charge >= 0.3 is 0 Å². The molecule has 0 bridgehead atoms. The first kappa shape index (κ1) is 23.7. The molecule has 39 heavy (non-hydrogen) atoms. The number of morpholine rings is 1. The molecule has 1 atom stereocenters. The van der Waals surface area contributed by atoms with Crippen molar-refractivity contribution in [3.63, 3.8) is 0 Å². The first-order valence-electron chi connectivity index (χ1n) is 13.2. The fraction of sp³-hybridized carbons (Fsp3) is 0.300. The van der Waals surface area contributed by atoms with E-state index in [2.05, 4.69) is 33.1 Å². The molecule has 0 unspecified atom stereocenters. The number of amides is 2. The van der Waals surface area contributed by atoms with E-state index in [0.29, 0.717) is 31.9 Å². The average molecular weight is 524 g/mol. The van der Waals surface area contributed by atoms with Gasteiger partial charge in [-0.3, -0.25) is 14.5 Å². The van der Waals surface area contributed by atoms with Gasteiger partial charge in [0.15, 0.2) is 0 Å². The summed E-state index contributed by atoms with van der Waals surface area (Å²) < 4.78 is 13.3. The topological polar surface area (TPSA) is 88.9 Å². The van der Waals surface area contributed by atoms with E-state index in [9.17, 15) is 9.59 Å². The Morgan fingerprint density at radius 3 is 2.72 bits per heavy atom. The minimum absolute atomic E-state index is 0.217. The molecule has 0 radical (unpaired) electrons. The molecule has 1 saturated heterocycles. The summed E-state index contributed by atoms with van der Waals surface area (Å²) in [6.07, 6.45) is 2.11. The third-order valence-corrected chi connectivity index (χ3v) is 8.08. The Morgan fingerprint density at radius 2 is 1.95 bits per heavy atom. The number of rotatable bonds is 3. The number of nitrogens with zero attached hydrogens (tertiary/aromatic N) is 4. The summed E-state index contributed by atoms with van der Waals surface area (Å²) in [7, 11) is 3.67. The number of carbonyl (C=O) groups excluding carboxylic acids is 2. The summed E-state index contributed by atoms with van der Waals surface area (Å²) in [5, 5.41) is 5.54. The first-order valence-corrected chi connectivity index (χ1v) is 13.2. The molecule has 2 aromatic carbocycles. The van der Waals surface area contributed by atoms with Crippen LogP contribution in [0.15, 0.2) is 59.9 Å². The summed E-state index contributed by atoms with van der Waals surface area (Å²) in [4.78, 5) is 35.2. The smallest absolute Gasteiger partial charge is 0.259 e. The van der Waals surface area contributed by atoms with Gasteiger partial charge in [-0.2, -0.15) is 0 Å². The van der Waals surface area contributed by atoms with Crippen molar-refractivity contribution >= 4 is 45.1 Å². The molecule has 9 heteroatoms. The zero-order valence-electron chi connectivity index (χ0n) is 22.2. The largest absolute Gasteiger partial charge is 0.497 e. The first-order chi connectivity index (χ1) is 18.9. The number of pyridine rings is 1. The molecule has 1 fully saturated rings. The zero-order valence-corrected chi connectivity index (χ0v) is 22.2. The van der Waals surface area contributed by atoms with Gasteiger partial charge in [-0.1, -0.05) is 6.07 Å². The van der Waals surface area contributed by atoms with E-state index in [1.807, 2.05) is 37.4 Å². The van der Waals surface area contributed by atoms with E-state index < -0.39 is 5.92 Å². The second kappa shape index (κ2) is 8.84. The predicted octanol–water partition coefficient (Wildman–Crippen LogP) is 3.77. The normalized spacial score (nSPS) is 18.9. The maximum absolute atomic E-state index is 14.0. The van der Waals surface area contributed by atoms with Crippen LogP contribution in [-0.2, 0) is 21.4 Å². The Labute approximate surface area is 225 Å². The van der Waals surface area contributed by atoms with E-state index in [1.165, 1.54) is 11.8 Å². The van der Waals surface area contributed by atoms with Crippen LogP contribution in [-0.4, -0.2) is 66.2 Å². The molecule has 1 N–H and O–H groups in total. The molecule has 0 aliphatic carbocycles. The highest BCUT2D eigenvalue weighted by Crippen LogP contribution is 2.48. The highest BCUT2D eigenvalue weighted by atomic mass is 16.5. The predicted molar refractivity (Wildman–Crippen MR) is 149 cm³/mol. The molecule has 0 saturated carbocycles. The lowest BCUT2D eigenvalue weighted by Gasteiger charge is -2.32. The number of nitrogens with one attached hydrogen (secondary N) is 1. The highest BCUT2D eigenvalue weighted by Gasteiger charge is 2.43. The van der Waals surface area contributed by atoms with Crippen LogP contribution in [0.25, 0.3) is 21.8 Å². The number of carbonyl (C=O) groups is 2. The summed E-state index contributed by atoms with van der Waals surface area (Å²) in [5.41, 5.74) is 6.13. The van der Waals surface area contributed by atoms with Crippen LogP contribution in [0, 0.1) is 0 Å². The maximum atomic E-state index is 14.0. The monoisotopic (exact) mass is 523 g/mol. The van der Waals surface area contributed by atoms with Crippen molar-refractivity contribution in [2.24, 2.45) is 7.05 Å². The van der Waals surface area contributed by atoms with Crippen LogP contribution in [0.4, 0.5) is 11.5 Å². The number of aryl methyl sites for hydroxylation is 1. The minimum atomic E-state index is -0.433. The lowest BCUT2D eigenvalue weighted by atomic mass is 9.83. The summed E-state index contributed by atoms with van der Waals surface area (Å²) >= 11 is 0. The van der Waals surface area contributed by atoms with Crippen molar-refractivity contribution in [1.82, 2.24) is 14.5 Å². The number of ether oxygens (including phenoxy) is 2. The van der Waals surface area contributed by atoms with E-state index in [0.717, 1.165) is 55.9 Å². The number of anilines is 2. The summed E-state index contributed by atoms with van der Waals surface area (Å²) in [6.45, 7) is 4.28. The molecular weight excluding hydrogens is 494 g/mol. The van der Waals surface area contributed by atoms with E-state index in [4.69, 9.17) is 14.5 Å². The molecule has 198 valence electrons. The van der Waals surface area contributed by atoms with Crippen molar-refractivity contribution < 1.29 is 19.1 Å². The molecule has 7 rings (SSSR count). The number of benzene rings is 2. The van der Waals surface area contributed by atoms with Gasteiger partial charge in [0, 0.05) is 66.9 Å². The summed E-state index contributed by atoms with van der Waals surface area (Å²) in [5.74, 6) is 0.605. The van der Waals surface area contributed by atoms with Crippen molar-refractivity contribution in [2.45, 2.75) is 12.8 Å². The van der Waals surface area contributed by atoms with Crippen LogP contribution < -0.4 is 15.0 Å². The molecule has 3 aliphatic heterocycles. The Hall–Kier alpha value is -4.37. The maximum Gasteiger partial charge on any atom is 0.259 e. The quantitative estimate of drug-likeness (QED) is 0.437. The Kier molecular flexibility index (Phi) is 5.38. The Balaban J connectivity index is 1.55. The van der Waals surface area contributed by atoms with Gasteiger partial charge in [-0.15, -0.1) is 0 Å². The lowest BCUT2D eigenvalue weighted by Crippen LogP contribution is -2.38. The van der Waals surface area contributed by atoms with Crippen LogP contribution in [0.1, 0.15) is 24.0 Å². The van der Waals surface area contributed by atoms with Gasteiger partial charge < -0.3 is 24.3 Å². The SMILES string of the molecule is COc1ccc2nc(N3CCOCC3)c([C@H]3C4=C(CN(C(C)=O)C4=O)Nc4cccc5c4c3cn5C)cc2c1. The van der Waals surface area contributed by atoms with Gasteiger partial charge in [0.2, 0.25) is 5.91 Å². The van der Waals surface area contributed by atoms with E-state index in [-0.39, 0.29) is 18.4 Å². The number of hydrogen-bond donors (Lipinski definition) is 1. The molecule has 2 amide bonds. The molecule has 2 aromatic heterocycles. The van der Waals surface area contributed by atoms with Crippen molar-refractivity contribution in [3.8, 4) is 5.75 Å². The standard InChI is InChI=1S/C30H29N5O4/c1-17(36)35-16-24-28(30(35)37)26(21-15-33(2)25-6-4-5-23(31-24)27(21)25)20-14-18-13-19(38-3)7-8-22(18)32-29(20)34-9-11-39-12-10-34/h4-8,13-15,26,31H,9-12,16H2,1-3H3/t26-/m1/s1. The lowest BCUT2D eigenvalue weighted by molar-refractivity contribution is -0.139. The minimum Gasteiger partial charge on any atom is -0.497 e. The molecule has 9 nitrogen and oxygen atoms in total. The van der Waals surface area contributed by atoms with Crippen molar-refractivity contribution in [2.75, 3.05) is 50.2 Å². The van der Waals surface area contributed by atoms with E-state index in [1.54, 1.807) is 7.11 Å². The second-order valence-corrected chi connectivity index (χ2v) is 10.3. The fourth-order valence-corrected chi connectivity index (χ4v) is 6.22. The number of aromatic nitrogens is 2. The molecule has 0 spiro atoms. The average Bonchev–Trinajstić information content (AvgIpc) is 3.41. The molecule has 3 aliphatic rings. The number of hydrogen-bond acceptors (Lipinski definition) is 7. The Bertz CT molecular complexity index is 1720. The van der Waals surface area contributed by atoms with Gasteiger partial charge in [0.1, 0.15) is 11.6 Å². The van der Waals surface area contributed by atoms with Crippen LogP contribution >= 0.6 is 0 Å². The number of imide groups is 1. The van der Waals surface area contributed by atoms with Crippen molar-refractivity contribution in [1.29, 1.82) is 0 Å². The van der Waals surface area contributed by atoms with Gasteiger partial charge in [0.25, 0.3) is 5.91 Å². The van der Waals surface area contributed by atoms with Gasteiger partial charge in [0.05, 0.1) is 43.5 Å². The van der Waals surface area contributed by atoms with E-state index >= 15 is 0 Å².